The van der Waals surface area contributed by atoms with Crippen LogP contribution in [-0.4, -0.2) is 11.9 Å². The Morgan fingerprint density at radius 3 is 1.22 bits per heavy atom. The van der Waals surface area contributed by atoms with Gasteiger partial charge in [-0.05, 0) is 47.2 Å². The molecule has 144 valence electrons. The molecule has 2 aromatic rings. The number of carbonyl (C=O) groups excluding carboxylic acids is 2. The van der Waals surface area contributed by atoms with Gasteiger partial charge in [0.15, 0.2) is 0 Å². The molecule has 0 saturated carbocycles. The van der Waals surface area contributed by atoms with Crippen LogP contribution in [0.3, 0.4) is 0 Å². The molecule has 2 aromatic carbocycles. The molecular weight excluding hydrogens is 383 g/mol. The Balaban J connectivity index is 2.23. The molecule has 2 unspecified atom stereocenters. The molecule has 0 bridgehead atoms. The lowest BCUT2D eigenvalue weighted by Gasteiger charge is -2.23. The topological polar surface area (TPSA) is 43.4 Å². The molecule has 0 aromatic heterocycles. The highest BCUT2D eigenvalue weighted by atomic mass is 35.5. The van der Waals surface area contributed by atoms with Crippen LogP contribution in [0.2, 0.25) is 10.0 Å². The number of benzene rings is 2. The molecule has 3 nitrogen and oxygen atoms in total. The number of hydrogen-bond donors (Lipinski definition) is 0. The van der Waals surface area contributed by atoms with E-state index >= 15 is 0 Å². The van der Waals surface area contributed by atoms with Gasteiger partial charge in [-0.15, -0.1) is 0 Å². The first-order chi connectivity index (χ1) is 12.7. The summed E-state index contributed by atoms with van der Waals surface area (Å²) in [4.78, 5) is 25.6. The highest BCUT2D eigenvalue weighted by molar-refractivity contribution is 6.30. The second-order valence-electron chi connectivity index (χ2n) is 7.29. The maximum Gasteiger partial charge on any atom is 0.321 e. The highest BCUT2D eigenvalue weighted by Gasteiger charge is 2.32. The Morgan fingerprint density at radius 1 is 0.667 bits per heavy atom. The Bertz CT molecular complexity index is 713. The van der Waals surface area contributed by atoms with Crippen LogP contribution in [0.5, 0.6) is 0 Å². The Morgan fingerprint density at radius 2 is 0.963 bits per heavy atom. The summed E-state index contributed by atoms with van der Waals surface area (Å²) in [6, 6.07) is 14.1. The second-order valence-corrected chi connectivity index (χ2v) is 8.16. The van der Waals surface area contributed by atoms with Crippen molar-refractivity contribution in [2.24, 2.45) is 11.8 Å². The van der Waals surface area contributed by atoms with E-state index < -0.39 is 23.8 Å². The van der Waals surface area contributed by atoms with E-state index in [0.29, 0.717) is 10.0 Å². The van der Waals surface area contributed by atoms with Gasteiger partial charge in [0, 0.05) is 10.0 Å². The van der Waals surface area contributed by atoms with Crippen LogP contribution in [0.25, 0.3) is 0 Å². The fourth-order valence-corrected chi connectivity index (χ4v) is 3.40. The first-order valence-electron chi connectivity index (χ1n) is 8.97. The monoisotopic (exact) mass is 406 g/mol. The fourth-order valence-electron chi connectivity index (χ4n) is 3.15. The van der Waals surface area contributed by atoms with Crippen LogP contribution in [0, 0.1) is 11.8 Å². The molecule has 0 radical (unpaired) electrons. The predicted octanol–water partition coefficient (Wildman–Crippen LogP) is 6.24. The van der Waals surface area contributed by atoms with Gasteiger partial charge >= 0.3 is 11.9 Å². The zero-order chi connectivity index (χ0) is 20.1. The normalized spacial score (nSPS) is 13.5. The Hall–Kier alpha value is -1.84. The minimum atomic E-state index is -0.545. The fraction of sp³-hybridized carbons (Fsp3) is 0.364. The molecule has 27 heavy (non-hydrogen) atoms. The third-order valence-electron chi connectivity index (χ3n) is 4.50. The number of hydrogen-bond acceptors (Lipinski definition) is 3. The minimum Gasteiger partial charge on any atom is -0.392 e. The molecule has 0 aliphatic rings. The van der Waals surface area contributed by atoms with Gasteiger partial charge in [-0.2, -0.15) is 0 Å². The van der Waals surface area contributed by atoms with Gasteiger partial charge in [-0.1, -0.05) is 75.2 Å². The van der Waals surface area contributed by atoms with Crippen molar-refractivity contribution in [2.45, 2.75) is 39.5 Å². The summed E-state index contributed by atoms with van der Waals surface area (Å²) < 4.78 is 5.32. The van der Waals surface area contributed by atoms with E-state index in [-0.39, 0.29) is 11.8 Å². The Kier molecular flexibility index (Phi) is 7.46. The summed E-state index contributed by atoms with van der Waals surface area (Å²) >= 11 is 11.9. The summed E-state index contributed by atoms with van der Waals surface area (Å²) in [6.07, 6.45) is 0. The summed E-state index contributed by atoms with van der Waals surface area (Å²) in [6.45, 7) is 7.68. The van der Waals surface area contributed by atoms with E-state index in [1.165, 1.54) is 0 Å². The van der Waals surface area contributed by atoms with Crippen molar-refractivity contribution >= 4 is 35.1 Å². The molecule has 0 saturated heterocycles. The van der Waals surface area contributed by atoms with E-state index in [4.69, 9.17) is 27.9 Å². The first-order valence-corrected chi connectivity index (χ1v) is 9.72. The minimum absolute atomic E-state index is 0.0282. The molecular formula is C22H24Cl2O3. The lowest BCUT2D eigenvalue weighted by Crippen LogP contribution is -2.28. The van der Waals surface area contributed by atoms with Gasteiger partial charge in [0.2, 0.25) is 0 Å². The van der Waals surface area contributed by atoms with Gasteiger partial charge < -0.3 is 4.74 Å². The molecule has 0 heterocycles. The van der Waals surface area contributed by atoms with Gasteiger partial charge in [-0.25, -0.2) is 0 Å². The van der Waals surface area contributed by atoms with Gasteiger partial charge in [0.25, 0.3) is 0 Å². The van der Waals surface area contributed by atoms with Crippen LogP contribution in [0.4, 0.5) is 0 Å². The summed E-state index contributed by atoms with van der Waals surface area (Å²) in [5, 5.41) is 1.18. The van der Waals surface area contributed by atoms with Crippen molar-refractivity contribution < 1.29 is 14.3 Å². The molecule has 0 N–H and O–H groups in total. The molecule has 0 amide bonds. The van der Waals surface area contributed by atoms with Gasteiger partial charge in [0.05, 0.1) is 11.8 Å². The lowest BCUT2D eigenvalue weighted by atomic mass is 9.87. The van der Waals surface area contributed by atoms with Gasteiger partial charge in [-0.3, -0.25) is 9.59 Å². The van der Waals surface area contributed by atoms with Crippen molar-refractivity contribution in [2.75, 3.05) is 0 Å². The largest absolute Gasteiger partial charge is 0.392 e. The van der Waals surface area contributed by atoms with E-state index in [1.54, 1.807) is 48.5 Å². The molecule has 5 heteroatoms. The smallest absolute Gasteiger partial charge is 0.321 e. The summed E-state index contributed by atoms with van der Waals surface area (Å²) in [5.41, 5.74) is 1.56. The van der Waals surface area contributed by atoms with Crippen LogP contribution in [0.1, 0.15) is 50.7 Å². The van der Waals surface area contributed by atoms with Crippen molar-refractivity contribution in [1.29, 1.82) is 0 Å². The van der Waals surface area contributed by atoms with E-state index in [9.17, 15) is 9.59 Å². The van der Waals surface area contributed by atoms with E-state index in [2.05, 4.69) is 0 Å². The molecule has 2 atom stereocenters. The van der Waals surface area contributed by atoms with E-state index in [0.717, 1.165) is 11.1 Å². The van der Waals surface area contributed by atoms with Crippen molar-refractivity contribution in [3.63, 3.8) is 0 Å². The van der Waals surface area contributed by atoms with Crippen molar-refractivity contribution in [3.8, 4) is 0 Å². The lowest BCUT2D eigenvalue weighted by molar-refractivity contribution is -0.163. The maximum absolute atomic E-state index is 12.8. The number of esters is 2. The average molecular weight is 407 g/mol. The number of rotatable bonds is 6. The zero-order valence-corrected chi connectivity index (χ0v) is 17.4. The van der Waals surface area contributed by atoms with E-state index in [1.807, 2.05) is 27.7 Å². The second kappa shape index (κ2) is 9.38. The molecule has 0 aliphatic heterocycles. The summed E-state index contributed by atoms with van der Waals surface area (Å²) in [5.74, 6) is -2.22. The van der Waals surface area contributed by atoms with Crippen LogP contribution in [0.15, 0.2) is 48.5 Å². The maximum atomic E-state index is 12.8. The SMILES string of the molecule is CC(C)C(C(=O)OC(=O)C(c1ccc(Cl)cc1)C(C)C)c1ccc(Cl)cc1. The van der Waals surface area contributed by atoms with Crippen molar-refractivity contribution in [1.82, 2.24) is 0 Å². The third kappa shape index (κ3) is 5.57. The molecule has 0 spiro atoms. The quantitative estimate of drug-likeness (QED) is 0.420. The molecule has 2 rings (SSSR count). The Labute approximate surface area is 170 Å². The van der Waals surface area contributed by atoms with Crippen molar-refractivity contribution in [3.05, 3.63) is 69.7 Å². The zero-order valence-electron chi connectivity index (χ0n) is 15.9. The van der Waals surface area contributed by atoms with Crippen LogP contribution in [-0.2, 0) is 14.3 Å². The van der Waals surface area contributed by atoms with Crippen LogP contribution >= 0.6 is 23.2 Å². The van der Waals surface area contributed by atoms with Crippen LogP contribution < -0.4 is 0 Å². The summed E-state index contributed by atoms with van der Waals surface area (Å²) in [7, 11) is 0. The molecule has 0 aliphatic carbocycles. The highest BCUT2D eigenvalue weighted by Crippen LogP contribution is 2.31. The molecule has 0 fully saturated rings. The van der Waals surface area contributed by atoms with Gasteiger partial charge in [0.1, 0.15) is 0 Å². The number of halogens is 2. The average Bonchev–Trinajstić information content (AvgIpc) is 2.58. The first kappa shape index (κ1) is 21.5. The number of carbonyl (C=O) groups is 2. The third-order valence-corrected chi connectivity index (χ3v) is 5.00. The predicted molar refractivity (Wildman–Crippen MR) is 109 cm³/mol. The number of ether oxygens (including phenoxy) is 1. The standard InChI is InChI=1S/C22H24Cl2O3/c1-13(2)19(15-5-9-17(23)10-6-15)21(25)27-22(26)20(14(3)4)16-7-11-18(24)12-8-16/h5-14,19-20H,1-4H3.